The van der Waals surface area contributed by atoms with Crippen LogP contribution in [-0.4, -0.2) is 30.3 Å². The molecule has 2 amide bonds. The molecule has 10 heteroatoms. The Kier molecular flexibility index (Phi) is 7.00. The number of carbonyl (C=O) groups excluding carboxylic acids is 2. The first-order chi connectivity index (χ1) is 13.1. The smallest absolute Gasteiger partial charge is 0.471 e. The van der Waals surface area contributed by atoms with Gasteiger partial charge in [-0.15, -0.1) is 0 Å². The zero-order valence-corrected chi connectivity index (χ0v) is 15.3. The van der Waals surface area contributed by atoms with Crippen LogP contribution in [0.5, 0.6) is 5.75 Å². The Morgan fingerprint density at radius 3 is 2.25 bits per heavy atom. The van der Waals surface area contributed by atoms with Gasteiger partial charge in [0.05, 0.1) is 5.71 Å². The molecule has 2 N–H and O–H groups in total. The van der Waals surface area contributed by atoms with Crippen LogP contribution < -0.4 is 15.5 Å². The number of hydrogen-bond acceptors (Lipinski definition) is 4. The molecule has 0 aliphatic heterocycles. The van der Waals surface area contributed by atoms with Crippen molar-refractivity contribution in [3.63, 3.8) is 0 Å². The third-order valence-corrected chi connectivity index (χ3v) is 3.60. The molecule has 0 saturated carbocycles. The second-order valence-electron chi connectivity index (χ2n) is 5.50. The van der Waals surface area contributed by atoms with Crippen molar-refractivity contribution in [3.8, 4) is 5.75 Å². The first kappa shape index (κ1) is 21.2. The van der Waals surface area contributed by atoms with Crippen molar-refractivity contribution in [3.05, 3.63) is 59.1 Å². The number of anilines is 1. The van der Waals surface area contributed by atoms with Gasteiger partial charge in [-0.25, -0.2) is 5.43 Å². The molecule has 2 rings (SSSR count). The van der Waals surface area contributed by atoms with Crippen molar-refractivity contribution in [1.82, 2.24) is 5.43 Å². The standard InChI is InChI=1S/C18H15ClF3N3O3/c1-11(12-2-6-14(7-3-12)23-17(27)18(20,21)22)24-25-16(26)10-28-15-8-4-13(19)5-9-15/h2-9H,10H2,1H3,(H,23,27)(H,25,26)/b24-11-. The number of ether oxygens (including phenoxy) is 1. The van der Waals surface area contributed by atoms with Gasteiger partial charge >= 0.3 is 12.1 Å². The van der Waals surface area contributed by atoms with Crippen molar-refractivity contribution >= 4 is 34.8 Å². The van der Waals surface area contributed by atoms with Crippen molar-refractivity contribution in [2.75, 3.05) is 11.9 Å². The van der Waals surface area contributed by atoms with Crippen molar-refractivity contribution < 1.29 is 27.5 Å². The van der Waals surface area contributed by atoms with Gasteiger partial charge < -0.3 is 10.1 Å². The lowest BCUT2D eigenvalue weighted by atomic mass is 10.1. The molecule has 6 nitrogen and oxygen atoms in total. The van der Waals surface area contributed by atoms with Gasteiger partial charge in [-0.3, -0.25) is 9.59 Å². The highest BCUT2D eigenvalue weighted by molar-refractivity contribution is 6.30. The van der Waals surface area contributed by atoms with Crippen LogP contribution in [0.2, 0.25) is 5.02 Å². The Morgan fingerprint density at radius 1 is 1.07 bits per heavy atom. The first-order valence-corrected chi connectivity index (χ1v) is 8.23. The number of hydrogen-bond donors (Lipinski definition) is 2. The molecule has 2 aromatic rings. The molecule has 0 bridgehead atoms. The summed E-state index contributed by atoms with van der Waals surface area (Å²) >= 11 is 5.75. The molecule has 0 aliphatic rings. The Labute approximate surface area is 163 Å². The van der Waals surface area contributed by atoms with Crippen LogP contribution in [0.15, 0.2) is 53.6 Å². The molecule has 0 aliphatic carbocycles. The molecule has 0 fully saturated rings. The van der Waals surface area contributed by atoms with E-state index in [0.29, 0.717) is 22.0 Å². The normalized spacial score (nSPS) is 11.7. The fourth-order valence-corrected chi connectivity index (χ4v) is 2.05. The molecule has 0 aromatic heterocycles. The third-order valence-electron chi connectivity index (χ3n) is 3.35. The third kappa shape index (κ3) is 6.58. The number of nitrogens with one attached hydrogen (secondary N) is 2. The van der Waals surface area contributed by atoms with Crippen molar-refractivity contribution in [2.45, 2.75) is 13.1 Å². The zero-order valence-electron chi connectivity index (χ0n) is 14.5. The minimum absolute atomic E-state index is 0.0146. The fraction of sp³-hybridized carbons (Fsp3) is 0.167. The largest absolute Gasteiger partial charge is 0.484 e. The Hall–Kier alpha value is -3.07. The average molecular weight is 414 g/mol. The summed E-state index contributed by atoms with van der Waals surface area (Å²) < 4.78 is 41.9. The number of nitrogens with zero attached hydrogens (tertiary/aromatic N) is 1. The number of hydrazone groups is 1. The molecule has 0 spiro atoms. The SMILES string of the molecule is C/C(=N/NC(=O)COc1ccc(Cl)cc1)c1ccc(NC(=O)C(F)(F)F)cc1. The summed E-state index contributed by atoms with van der Waals surface area (Å²) in [6.45, 7) is 1.34. The summed E-state index contributed by atoms with van der Waals surface area (Å²) in [5, 5.41) is 6.18. The van der Waals surface area contributed by atoms with Crippen LogP contribution in [0.25, 0.3) is 0 Å². The molecule has 0 atom stereocenters. The van der Waals surface area contributed by atoms with Crippen LogP contribution in [0.1, 0.15) is 12.5 Å². The number of benzene rings is 2. The Balaban J connectivity index is 1.87. The summed E-state index contributed by atoms with van der Waals surface area (Å²) in [7, 11) is 0. The number of carbonyl (C=O) groups is 2. The maximum atomic E-state index is 12.2. The second kappa shape index (κ2) is 9.23. The fourth-order valence-electron chi connectivity index (χ4n) is 1.92. The quantitative estimate of drug-likeness (QED) is 0.559. The van der Waals surface area contributed by atoms with E-state index < -0.39 is 18.0 Å². The maximum Gasteiger partial charge on any atom is 0.471 e. The van der Waals surface area contributed by atoms with Gasteiger partial charge in [0, 0.05) is 10.7 Å². The van der Waals surface area contributed by atoms with E-state index in [4.69, 9.17) is 16.3 Å². The van der Waals surface area contributed by atoms with E-state index >= 15 is 0 Å². The van der Waals surface area contributed by atoms with E-state index in [0.717, 1.165) is 0 Å². The lowest BCUT2D eigenvalue weighted by Gasteiger charge is -2.09. The van der Waals surface area contributed by atoms with E-state index in [1.807, 2.05) is 0 Å². The minimum atomic E-state index is -4.96. The molecular weight excluding hydrogens is 399 g/mol. The number of rotatable bonds is 6. The predicted octanol–water partition coefficient (Wildman–Crippen LogP) is 3.76. The van der Waals surface area contributed by atoms with Gasteiger partial charge in [-0.05, 0) is 48.9 Å². The van der Waals surface area contributed by atoms with E-state index in [1.54, 1.807) is 36.5 Å². The predicted molar refractivity (Wildman–Crippen MR) is 98.4 cm³/mol. The first-order valence-electron chi connectivity index (χ1n) is 7.85. The number of alkyl halides is 3. The van der Waals surface area contributed by atoms with E-state index in [9.17, 15) is 22.8 Å². The molecule has 0 unspecified atom stereocenters. The summed E-state index contributed by atoms with van der Waals surface area (Å²) in [4.78, 5) is 22.7. The topological polar surface area (TPSA) is 79.8 Å². The molecule has 148 valence electrons. The van der Waals surface area contributed by atoms with Gasteiger partial charge in [-0.1, -0.05) is 23.7 Å². The second-order valence-corrected chi connectivity index (χ2v) is 5.94. The summed E-state index contributed by atoms with van der Waals surface area (Å²) in [5.74, 6) is -2.08. The van der Waals surface area contributed by atoms with Crippen LogP contribution >= 0.6 is 11.6 Å². The Morgan fingerprint density at radius 2 is 1.68 bits per heavy atom. The highest BCUT2D eigenvalue weighted by Crippen LogP contribution is 2.19. The Bertz CT molecular complexity index is 866. The van der Waals surface area contributed by atoms with Crippen LogP contribution in [0.3, 0.4) is 0 Å². The van der Waals surface area contributed by atoms with Crippen LogP contribution in [0, 0.1) is 0 Å². The molecule has 28 heavy (non-hydrogen) atoms. The highest BCUT2D eigenvalue weighted by atomic mass is 35.5. The lowest BCUT2D eigenvalue weighted by molar-refractivity contribution is -0.167. The van der Waals surface area contributed by atoms with E-state index in [2.05, 4.69) is 10.5 Å². The van der Waals surface area contributed by atoms with Crippen molar-refractivity contribution in [1.29, 1.82) is 0 Å². The minimum Gasteiger partial charge on any atom is -0.484 e. The summed E-state index contributed by atoms with van der Waals surface area (Å²) in [6.07, 6.45) is -4.96. The number of halogens is 4. The monoisotopic (exact) mass is 413 g/mol. The molecule has 0 saturated heterocycles. The number of amides is 2. The van der Waals surface area contributed by atoms with Gasteiger partial charge in [0.15, 0.2) is 6.61 Å². The lowest BCUT2D eigenvalue weighted by Crippen LogP contribution is -2.29. The van der Waals surface area contributed by atoms with Gasteiger partial charge in [-0.2, -0.15) is 18.3 Å². The van der Waals surface area contributed by atoms with Gasteiger partial charge in [0.2, 0.25) is 0 Å². The molecule has 0 heterocycles. The summed E-state index contributed by atoms with van der Waals surface area (Å²) in [5.41, 5.74) is 3.25. The summed E-state index contributed by atoms with van der Waals surface area (Å²) in [6, 6.07) is 12.0. The van der Waals surface area contributed by atoms with Gasteiger partial charge in [0.1, 0.15) is 5.75 Å². The average Bonchev–Trinajstić information content (AvgIpc) is 2.65. The maximum absolute atomic E-state index is 12.2. The van der Waals surface area contributed by atoms with Gasteiger partial charge in [0.25, 0.3) is 5.91 Å². The van der Waals surface area contributed by atoms with Crippen LogP contribution in [0.4, 0.5) is 18.9 Å². The van der Waals surface area contributed by atoms with E-state index in [1.165, 1.54) is 24.3 Å². The molecule has 2 aromatic carbocycles. The van der Waals surface area contributed by atoms with Crippen LogP contribution in [-0.2, 0) is 9.59 Å². The van der Waals surface area contributed by atoms with E-state index in [-0.39, 0.29) is 12.3 Å². The molecule has 0 radical (unpaired) electrons. The highest BCUT2D eigenvalue weighted by Gasteiger charge is 2.38. The molecular formula is C18H15ClF3N3O3. The van der Waals surface area contributed by atoms with Crippen molar-refractivity contribution in [2.24, 2.45) is 5.10 Å². The zero-order chi connectivity index (χ0) is 20.7.